The monoisotopic (exact) mass is 365 g/mol. The average molecular weight is 365 g/mol. The molecule has 0 saturated carbocycles. The van der Waals surface area contributed by atoms with Crippen molar-refractivity contribution >= 4 is 17.6 Å². The number of para-hydroxylation sites is 3. The van der Waals surface area contributed by atoms with E-state index in [-0.39, 0.29) is 5.56 Å². The second-order valence-electron chi connectivity index (χ2n) is 5.52. The van der Waals surface area contributed by atoms with Gasteiger partial charge in [-0.25, -0.2) is 9.18 Å². The predicted octanol–water partition coefficient (Wildman–Crippen LogP) is 4.41. The highest BCUT2D eigenvalue weighted by Crippen LogP contribution is 2.29. The number of hydrogen-bond acceptors (Lipinski definition) is 4. The predicted molar refractivity (Wildman–Crippen MR) is 98.3 cm³/mol. The van der Waals surface area contributed by atoms with Crippen LogP contribution in [0.3, 0.4) is 0 Å². The Hall–Kier alpha value is -3.67. The van der Waals surface area contributed by atoms with Crippen LogP contribution in [0.25, 0.3) is 0 Å². The summed E-state index contributed by atoms with van der Waals surface area (Å²) in [5, 5.41) is 2.62. The average Bonchev–Trinajstić information content (AvgIpc) is 2.69. The Morgan fingerprint density at radius 3 is 2.30 bits per heavy atom. The molecule has 0 atom stereocenters. The molecule has 136 valence electrons. The first-order chi connectivity index (χ1) is 13.1. The van der Waals surface area contributed by atoms with E-state index in [9.17, 15) is 14.0 Å². The van der Waals surface area contributed by atoms with Gasteiger partial charge in [0.15, 0.2) is 12.4 Å². The number of esters is 1. The number of benzene rings is 3. The summed E-state index contributed by atoms with van der Waals surface area (Å²) in [5.41, 5.74) is 0.200. The van der Waals surface area contributed by atoms with Gasteiger partial charge in [-0.2, -0.15) is 0 Å². The summed E-state index contributed by atoms with van der Waals surface area (Å²) in [6, 6.07) is 21.4. The van der Waals surface area contributed by atoms with Crippen LogP contribution in [-0.2, 0) is 9.53 Å². The number of anilines is 1. The van der Waals surface area contributed by atoms with Crippen molar-refractivity contribution in [2.24, 2.45) is 0 Å². The third-order valence-corrected chi connectivity index (χ3v) is 3.56. The summed E-state index contributed by atoms with van der Waals surface area (Å²) >= 11 is 0. The maximum atomic E-state index is 13.6. The molecule has 0 aliphatic heterocycles. The van der Waals surface area contributed by atoms with E-state index < -0.39 is 24.3 Å². The zero-order valence-electron chi connectivity index (χ0n) is 14.2. The Balaban J connectivity index is 1.61. The number of rotatable bonds is 6. The lowest BCUT2D eigenvalue weighted by atomic mass is 10.2. The van der Waals surface area contributed by atoms with Crippen molar-refractivity contribution in [2.45, 2.75) is 0 Å². The molecule has 0 fully saturated rings. The van der Waals surface area contributed by atoms with E-state index in [2.05, 4.69) is 5.32 Å². The maximum absolute atomic E-state index is 13.6. The van der Waals surface area contributed by atoms with Crippen LogP contribution in [0.1, 0.15) is 10.4 Å². The zero-order valence-corrected chi connectivity index (χ0v) is 14.2. The lowest BCUT2D eigenvalue weighted by molar-refractivity contribution is -0.119. The minimum absolute atomic E-state index is 0.224. The van der Waals surface area contributed by atoms with Crippen LogP contribution >= 0.6 is 0 Å². The van der Waals surface area contributed by atoms with Crippen molar-refractivity contribution < 1.29 is 23.5 Å². The molecule has 6 heteroatoms. The number of carbonyl (C=O) groups is 2. The quantitative estimate of drug-likeness (QED) is 0.657. The number of halogens is 1. The van der Waals surface area contributed by atoms with Gasteiger partial charge in [0.1, 0.15) is 11.6 Å². The molecule has 1 amide bonds. The van der Waals surface area contributed by atoms with Gasteiger partial charge in [-0.3, -0.25) is 4.79 Å². The molecule has 0 bridgehead atoms. The Kier molecular flexibility index (Phi) is 5.79. The Bertz CT molecular complexity index is 944. The molecule has 3 aromatic carbocycles. The number of nitrogens with one attached hydrogen (secondary N) is 1. The summed E-state index contributed by atoms with van der Waals surface area (Å²) in [6.45, 7) is -0.549. The van der Waals surface area contributed by atoms with Gasteiger partial charge >= 0.3 is 5.97 Å². The Morgan fingerprint density at radius 2 is 1.52 bits per heavy atom. The fraction of sp³-hybridized carbons (Fsp3) is 0.0476. The molecular formula is C21H16FNO4. The lowest BCUT2D eigenvalue weighted by Gasteiger charge is -2.12. The van der Waals surface area contributed by atoms with E-state index in [0.29, 0.717) is 17.2 Å². The van der Waals surface area contributed by atoms with Gasteiger partial charge < -0.3 is 14.8 Å². The topological polar surface area (TPSA) is 64.6 Å². The lowest BCUT2D eigenvalue weighted by Crippen LogP contribution is -2.21. The van der Waals surface area contributed by atoms with E-state index in [1.165, 1.54) is 18.2 Å². The van der Waals surface area contributed by atoms with Crippen molar-refractivity contribution in [2.75, 3.05) is 11.9 Å². The van der Waals surface area contributed by atoms with Crippen LogP contribution in [-0.4, -0.2) is 18.5 Å². The second kappa shape index (κ2) is 8.62. The van der Waals surface area contributed by atoms with Gasteiger partial charge in [-0.15, -0.1) is 0 Å². The van der Waals surface area contributed by atoms with Crippen LogP contribution in [0.2, 0.25) is 0 Å². The summed E-state index contributed by atoms with van der Waals surface area (Å²) in [5.74, 6) is -1.12. The summed E-state index contributed by atoms with van der Waals surface area (Å²) < 4.78 is 24.2. The molecule has 0 unspecified atom stereocenters. The molecule has 3 rings (SSSR count). The Morgan fingerprint density at radius 1 is 0.852 bits per heavy atom. The first-order valence-corrected chi connectivity index (χ1v) is 8.17. The molecule has 0 aliphatic carbocycles. The van der Waals surface area contributed by atoms with Gasteiger partial charge in [0.2, 0.25) is 0 Å². The Labute approximate surface area is 155 Å². The first-order valence-electron chi connectivity index (χ1n) is 8.17. The third kappa shape index (κ3) is 4.92. The van der Waals surface area contributed by atoms with E-state index in [1.54, 1.807) is 36.4 Å². The van der Waals surface area contributed by atoms with Gasteiger partial charge in [0, 0.05) is 0 Å². The minimum atomic E-state index is -0.905. The van der Waals surface area contributed by atoms with Crippen molar-refractivity contribution in [3.05, 3.63) is 90.2 Å². The van der Waals surface area contributed by atoms with Crippen molar-refractivity contribution in [1.29, 1.82) is 0 Å². The molecule has 0 radical (unpaired) electrons. The SMILES string of the molecule is O=C(COC(=O)c1ccccc1F)Nc1ccccc1Oc1ccccc1. The van der Waals surface area contributed by atoms with E-state index in [1.807, 2.05) is 18.2 Å². The third-order valence-electron chi connectivity index (χ3n) is 3.56. The maximum Gasteiger partial charge on any atom is 0.341 e. The molecule has 0 aromatic heterocycles. The van der Waals surface area contributed by atoms with Crippen LogP contribution in [0.4, 0.5) is 10.1 Å². The van der Waals surface area contributed by atoms with Crippen LogP contribution < -0.4 is 10.1 Å². The molecule has 0 spiro atoms. The van der Waals surface area contributed by atoms with Crippen LogP contribution in [0, 0.1) is 5.82 Å². The molecule has 5 nitrogen and oxygen atoms in total. The standard InChI is InChI=1S/C21H16FNO4/c22-17-11-5-4-10-16(17)21(25)26-14-20(24)23-18-12-6-7-13-19(18)27-15-8-2-1-3-9-15/h1-13H,14H2,(H,23,24). The fourth-order valence-electron chi connectivity index (χ4n) is 2.30. The number of amides is 1. The highest BCUT2D eigenvalue weighted by molar-refractivity contribution is 5.96. The zero-order chi connectivity index (χ0) is 19.1. The highest BCUT2D eigenvalue weighted by Gasteiger charge is 2.15. The summed E-state index contributed by atoms with van der Waals surface area (Å²) in [7, 11) is 0. The van der Waals surface area contributed by atoms with Gasteiger partial charge in [-0.05, 0) is 36.4 Å². The number of ether oxygens (including phenoxy) is 2. The summed E-state index contributed by atoms with van der Waals surface area (Å²) in [6.07, 6.45) is 0. The molecule has 3 aromatic rings. The normalized spacial score (nSPS) is 10.1. The number of hydrogen-bond donors (Lipinski definition) is 1. The smallest absolute Gasteiger partial charge is 0.341 e. The minimum Gasteiger partial charge on any atom is -0.455 e. The van der Waals surface area contributed by atoms with Gasteiger partial charge in [0.05, 0.1) is 11.3 Å². The molecule has 1 N–H and O–H groups in total. The van der Waals surface area contributed by atoms with Crippen molar-refractivity contribution in [3.8, 4) is 11.5 Å². The molecule has 0 aliphatic rings. The van der Waals surface area contributed by atoms with Gasteiger partial charge in [0.25, 0.3) is 5.91 Å². The number of carbonyl (C=O) groups excluding carboxylic acids is 2. The van der Waals surface area contributed by atoms with Crippen molar-refractivity contribution in [1.82, 2.24) is 0 Å². The van der Waals surface area contributed by atoms with E-state index in [0.717, 1.165) is 6.07 Å². The van der Waals surface area contributed by atoms with Crippen LogP contribution in [0.15, 0.2) is 78.9 Å². The van der Waals surface area contributed by atoms with E-state index >= 15 is 0 Å². The molecule has 0 heterocycles. The first kappa shape index (κ1) is 18.1. The molecule has 0 saturated heterocycles. The summed E-state index contributed by atoms with van der Waals surface area (Å²) in [4.78, 5) is 24.0. The largest absolute Gasteiger partial charge is 0.455 e. The highest BCUT2D eigenvalue weighted by atomic mass is 19.1. The molecule has 27 heavy (non-hydrogen) atoms. The van der Waals surface area contributed by atoms with Crippen LogP contribution in [0.5, 0.6) is 11.5 Å². The second-order valence-corrected chi connectivity index (χ2v) is 5.52. The van der Waals surface area contributed by atoms with Crippen molar-refractivity contribution in [3.63, 3.8) is 0 Å². The van der Waals surface area contributed by atoms with E-state index in [4.69, 9.17) is 9.47 Å². The fourth-order valence-corrected chi connectivity index (χ4v) is 2.30. The van der Waals surface area contributed by atoms with Gasteiger partial charge in [-0.1, -0.05) is 42.5 Å². The molecular weight excluding hydrogens is 349 g/mol.